The Kier molecular flexibility index (Phi) is 10.2. The fourth-order valence-electron chi connectivity index (χ4n) is 3.13. The number of hydrogen-bond acceptors (Lipinski definition) is 6. The molecule has 0 spiro atoms. The van der Waals surface area contributed by atoms with Crippen LogP contribution in [-0.4, -0.2) is 50.6 Å². The molecule has 2 atom stereocenters. The normalized spacial score (nSPS) is 25.1. The minimum atomic E-state index is -0.538. The summed E-state index contributed by atoms with van der Waals surface area (Å²) in [5, 5.41) is 0. The van der Waals surface area contributed by atoms with E-state index in [1.807, 2.05) is 0 Å². The minimum Gasteiger partial charge on any atom is -0.376 e. The number of rotatable bonds is 12. The van der Waals surface area contributed by atoms with E-state index in [1.165, 1.54) is 0 Å². The molecule has 8 N–H and O–H groups in total. The van der Waals surface area contributed by atoms with Crippen molar-refractivity contribution in [3.63, 3.8) is 0 Å². The van der Waals surface area contributed by atoms with Crippen LogP contribution >= 0.6 is 0 Å². The SMILES string of the molecule is NCCCCCC(N)C1(C(N)CCCCCN)COCCO1. The van der Waals surface area contributed by atoms with E-state index < -0.39 is 5.60 Å². The second-order valence-electron chi connectivity index (χ2n) is 6.35. The van der Waals surface area contributed by atoms with Crippen molar-refractivity contribution in [1.29, 1.82) is 0 Å². The maximum atomic E-state index is 6.46. The molecule has 0 amide bonds. The molecule has 2 unspecified atom stereocenters. The topological polar surface area (TPSA) is 123 Å². The highest BCUT2D eigenvalue weighted by atomic mass is 16.6. The van der Waals surface area contributed by atoms with Crippen molar-refractivity contribution in [2.75, 3.05) is 32.9 Å². The van der Waals surface area contributed by atoms with E-state index >= 15 is 0 Å². The first kappa shape index (κ1) is 19.8. The van der Waals surface area contributed by atoms with Gasteiger partial charge in [-0.3, -0.25) is 0 Å². The van der Waals surface area contributed by atoms with Gasteiger partial charge in [-0.1, -0.05) is 25.7 Å². The Balaban J connectivity index is 2.51. The molecule has 6 heteroatoms. The largest absolute Gasteiger partial charge is 0.376 e. The van der Waals surface area contributed by atoms with Crippen molar-refractivity contribution >= 4 is 0 Å². The Labute approximate surface area is 135 Å². The van der Waals surface area contributed by atoms with Gasteiger partial charge in [-0.15, -0.1) is 0 Å². The first-order valence-corrected chi connectivity index (χ1v) is 8.80. The molecule has 0 aromatic carbocycles. The van der Waals surface area contributed by atoms with Gasteiger partial charge in [0.25, 0.3) is 0 Å². The summed E-state index contributed by atoms with van der Waals surface area (Å²) in [6.45, 7) is 3.18. The fourth-order valence-corrected chi connectivity index (χ4v) is 3.13. The van der Waals surface area contributed by atoms with Crippen LogP contribution in [0.5, 0.6) is 0 Å². The van der Waals surface area contributed by atoms with Crippen molar-refractivity contribution in [3.05, 3.63) is 0 Å². The van der Waals surface area contributed by atoms with Gasteiger partial charge in [-0.05, 0) is 38.8 Å². The average Bonchev–Trinajstić information content (AvgIpc) is 2.55. The molecule has 1 heterocycles. The molecule has 0 aliphatic carbocycles. The van der Waals surface area contributed by atoms with Crippen LogP contribution < -0.4 is 22.9 Å². The van der Waals surface area contributed by atoms with Crippen LogP contribution in [0.1, 0.15) is 51.4 Å². The van der Waals surface area contributed by atoms with Crippen LogP contribution in [0.15, 0.2) is 0 Å². The molecule has 0 saturated carbocycles. The highest BCUT2D eigenvalue weighted by molar-refractivity contribution is 5.01. The van der Waals surface area contributed by atoms with Gasteiger partial charge >= 0.3 is 0 Å². The summed E-state index contributed by atoms with van der Waals surface area (Å²) in [4.78, 5) is 0. The molecule has 132 valence electrons. The molecule has 1 saturated heterocycles. The smallest absolute Gasteiger partial charge is 0.121 e. The van der Waals surface area contributed by atoms with E-state index in [4.69, 9.17) is 32.4 Å². The minimum absolute atomic E-state index is 0.0879. The summed E-state index contributed by atoms with van der Waals surface area (Å²) in [7, 11) is 0. The van der Waals surface area contributed by atoms with Crippen molar-refractivity contribution in [2.24, 2.45) is 22.9 Å². The predicted molar refractivity (Wildman–Crippen MR) is 90.5 cm³/mol. The van der Waals surface area contributed by atoms with Crippen LogP contribution in [0.25, 0.3) is 0 Å². The van der Waals surface area contributed by atoms with E-state index in [2.05, 4.69) is 0 Å². The van der Waals surface area contributed by atoms with Crippen LogP contribution in [0, 0.1) is 0 Å². The zero-order valence-electron chi connectivity index (χ0n) is 14.0. The Bertz CT molecular complexity index is 253. The molecule has 6 nitrogen and oxygen atoms in total. The maximum absolute atomic E-state index is 6.46. The fraction of sp³-hybridized carbons (Fsp3) is 1.00. The molecular formula is C16H36N4O2. The summed E-state index contributed by atoms with van der Waals surface area (Å²) >= 11 is 0. The Morgan fingerprint density at radius 1 is 0.773 bits per heavy atom. The lowest BCUT2D eigenvalue weighted by Gasteiger charge is -2.45. The van der Waals surface area contributed by atoms with Gasteiger partial charge in [0.2, 0.25) is 0 Å². The van der Waals surface area contributed by atoms with Crippen molar-refractivity contribution in [3.8, 4) is 0 Å². The van der Waals surface area contributed by atoms with E-state index in [9.17, 15) is 0 Å². The van der Waals surface area contributed by atoms with Gasteiger partial charge < -0.3 is 32.4 Å². The van der Waals surface area contributed by atoms with Gasteiger partial charge in [-0.25, -0.2) is 0 Å². The van der Waals surface area contributed by atoms with E-state index in [0.29, 0.717) is 19.8 Å². The lowest BCUT2D eigenvalue weighted by molar-refractivity contribution is -0.180. The molecule has 22 heavy (non-hydrogen) atoms. The van der Waals surface area contributed by atoms with E-state index in [0.717, 1.165) is 64.5 Å². The van der Waals surface area contributed by atoms with Gasteiger partial charge in [0.15, 0.2) is 0 Å². The number of ether oxygens (including phenoxy) is 2. The van der Waals surface area contributed by atoms with Crippen LogP contribution in [-0.2, 0) is 9.47 Å². The third-order valence-corrected chi connectivity index (χ3v) is 4.62. The molecule has 1 aliphatic rings. The molecule has 0 aromatic rings. The van der Waals surface area contributed by atoms with Gasteiger partial charge in [0.1, 0.15) is 5.60 Å². The highest BCUT2D eigenvalue weighted by Gasteiger charge is 2.44. The summed E-state index contributed by atoms with van der Waals surface area (Å²) in [5.41, 5.74) is 23.5. The third kappa shape index (κ3) is 6.10. The van der Waals surface area contributed by atoms with Crippen LogP contribution in [0.4, 0.5) is 0 Å². The Hall–Kier alpha value is -0.240. The lowest BCUT2D eigenvalue weighted by Crippen LogP contribution is -2.65. The summed E-state index contributed by atoms with van der Waals surface area (Å²) in [5.74, 6) is 0. The number of nitrogens with two attached hydrogens (primary N) is 4. The standard InChI is InChI=1S/C16H36N4O2/c17-9-5-1-3-7-14(19)16(13-21-11-12-22-16)15(20)8-4-2-6-10-18/h14-15H,1-13,17-20H2. The molecule has 1 rings (SSSR count). The molecule has 0 aromatic heterocycles. The Morgan fingerprint density at radius 2 is 1.32 bits per heavy atom. The molecule has 0 bridgehead atoms. The molecule has 1 fully saturated rings. The maximum Gasteiger partial charge on any atom is 0.121 e. The molecule has 1 aliphatic heterocycles. The molecular weight excluding hydrogens is 280 g/mol. The number of unbranched alkanes of at least 4 members (excludes halogenated alkanes) is 4. The summed E-state index contributed by atoms with van der Waals surface area (Å²) in [6.07, 6.45) is 8.22. The zero-order chi connectivity index (χ0) is 16.3. The van der Waals surface area contributed by atoms with Crippen molar-refractivity contribution in [1.82, 2.24) is 0 Å². The van der Waals surface area contributed by atoms with Crippen molar-refractivity contribution in [2.45, 2.75) is 69.1 Å². The van der Waals surface area contributed by atoms with Crippen molar-refractivity contribution < 1.29 is 9.47 Å². The first-order chi connectivity index (χ1) is 10.7. The Morgan fingerprint density at radius 3 is 1.73 bits per heavy atom. The monoisotopic (exact) mass is 316 g/mol. The summed E-state index contributed by atoms with van der Waals surface area (Å²) < 4.78 is 11.7. The van der Waals surface area contributed by atoms with Gasteiger partial charge in [-0.2, -0.15) is 0 Å². The zero-order valence-corrected chi connectivity index (χ0v) is 14.0. The van der Waals surface area contributed by atoms with E-state index in [-0.39, 0.29) is 12.1 Å². The third-order valence-electron chi connectivity index (χ3n) is 4.62. The number of hydrogen-bond donors (Lipinski definition) is 4. The van der Waals surface area contributed by atoms with Crippen LogP contribution in [0.3, 0.4) is 0 Å². The second-order valence-corrected chi connectivity index (χ2v) is 6.35. The second kappa shape index (κ2) is 11.3. The lowest BCUT2D eigenvalue weighted by atomic mass is 9.81. The van der Waals surface area contributed by atoms with Gasteiger partial charge in [0.05, 0.1) is 19.8 Å². The summed E-state index contributed by atoms with van der Waals surface area (Å²) in [6, 6.07) is -0.176. The molecule has 0 radical (unpaired) electrons. The predicted octanol–water partition coefficient (Wildman–Crippen LogP) is 0.465. The quantitative estimate of drug-likeness (QED) is 0.388. The highest BCUT2D eigenvalue weighted by Crippen LogP contribution is 2.28. The van der Waals surface area contributed by atoms with Crippen LogP contribution in [0.2, 0.25) is 0 Å². The van der Waals surface area contributed by atoms with Gasteiger partial charge in [0, 0.05) is 12.1 Å². The van der Waals surface area contributed by atoms with E-state index in [1.54, 1.807) is 0 Å². The average molecular weight is 316 g/mol. The first-order valence-electron chi connectivity index (χ1n) is 8.80.